The SMILES string of the molecule is Cc1ccc2cc(CN(C(=O)c3cccc([N+](=O)[O-])c3)c3ccc(C)c(C)c3)c(=O)[nH]c2c1. The van der Waals surface area contributed by atoms with Gasteiger partial charge >= 0.3 is 0 Å². The molecule has 0 bridgehead atoms. The molecule has 1 aromatic heterocycles. The van der Waals surface area contributed by atoms with Crippen molar-refractivity contribution in [3.8, 4) is 0 Å². The third kappa shape index (κ3) is 4.52. The van der Waals surface area contributed by atoms with Crippen LogP contribution in [0, 0.1) is 30.9 Å². The fourth-order valence-electron chi connectivity index (χ4n) is 3.73. The molecule has 0 spiro atoms. The molecule has 1 heterocycles. The molecule has 0 saturated heterocycles. The molecule has 0 fully saturated rings. The second-order valence-electron chi connectivity index (χ2n) is 8.18. The lowest BCUT2D eigenvalue weighted by atomic mass is 10.1. The van der Waals surface area contributed by atoms with Gasteiger partial charge in [-0.05, 0) is 73.2 Å². The zero-order valence-corrected chi connectivity index (χ0v) is 18.6. The van der Waals surface area contributed by atoms with Crippen LogP contribution in [0.15, 0.2) is 71.5 Å². The maximum atomic E-state index is 13.5. The van der Waals surface area contributed by atoms with Crippen LogP contribution < -0.4 is 10.5 Å². The van der Waals surface area contributed by atoms with Crippen molar-refractivity contribution >= 4 is 28.2 Å². The Bertz CT molecular complexity index is 1460. The van der Waals surface area contributed by atoms with Gasteiger partial charge in [-0.1, -0.05) is 24.3 Å². The third-order valence-electron chi connectivity index (χ3n) is 5.76. The number of benzene rings is 3. The first-order chi connectivity index (χ1) is 15.7. The van der Waals surface area contributed by atoms with Crippen LogP contribution >= 0.6 is 0 Å². The van der Waals surface area contributed by atoms with Crippen molar-refractivity contribution in [3.63, 3.8) is 0 Å². The van der Waals surface area contributed by atoms with Crippen molar-refractivity contribution in [2.24, 2.45) is 0 Å². The number of hydrogen-bond acceptors (Lipinski definition) is 4. The number of aromatic amines is 1. The van der Waals surface area contributed by atoms with Crippen molar-refractivity contribution in [1.82, 2.24) is 4.98 Å². The lowest BCUT2D eigenvalue weighted by Gasteiger charge is -2.24. The molecule has 0 saturated carbocycles. The minimum absolute atomic E-state index is 0.0170. The molecule has 166 valence electrons. The number of anilines is 1. The first kappa shape index (κ1) is 22.0. The van der Waals surface area contributed by atoms with Crippen LogP contribution in [0.2, 0.25) is 0 Å². The summed E-state index contributed by atoms with van der Waals surface area (Å²) in [6.07, 6.45) is 0. The number of rotatable bonds is 5. The van der Waals surface area contributed by atoms with E-state index < -0.39 is 10.8 Å². The van der Waals surface area contributed by atoms with Crippen molar-refractivity contribution in [1.29, 1.82) is 0 Å². The fraction of sp³-hybridized carbons (Fsp3) is 0.154. The number of pyridine rings is 1. The van der Waals surface area contributed by atoms with E-state index in [1.807, 2.05) is 57.2 Å². The maximum absolute atomic E-state index is 13.5. The number of H-pyrrole nitrogens is 1. The van der Waals surface area contributed by atoms with Gasteiger partial charge in [-0.15, -0.1) is 0 Å². The molecule has 7 heteroatoms. The molecule has 3 aromatic carbocycles. The van der Waals surface area contributed by atoms with Gasteiger partial charge in [0.25, 0.3) is 17.2 Å². The quantitative estimate of drug-likeness (QED) is 0.340. The number of carbonyl (C=O) groups is 1. The van der Waals surface area contributed by atoms with Crippen molar-refractivity contribution in [2.75, 3.05) is 4.90 Å². The minimum atomic E-state index is -0.535. The topological polar surface area (TPSA) is 96.3 Å². The predicted octanol–water partition coefficient (Wildman–Crippen LogP) is 5.21. The van der Waals surface area contributed by atoms with E-state index in [9.17, 15) is 19.7 Å². The molecule has 0 aliphatic heterocycles. The Morgan fingerprint density at radius 1 is 0.970 bits per heavy atom. The van der Waals surface area contributed by atoms with Crippen LogP contribution in [0.1, 0.15) is 32.6 Å². The monoisotopic (exact) mass is 441 g/mol. The highest BCUT2D eigenvalue weighted by Gasteiger charge is 2.22. The van der Waals surface area contributed by atoms with Gasteiger partial charge in [0, 0.05) is 34.5 Å². The Kier molecular flexibility index (Phi) is 5.79. The number of aromatic nitrogens is 1. The number of aryl methyl sites for hydroxylation is 3. The summed E-state index contributed by atoms with van der Waals surface area (Å²) >= 11 is 0. The van der Waals surface area contributed by atoms with Gasteiger partial charge in [0.1, 0.15) is 0 Å². The Morgan fingerprint density at radius 3 is 2.48 bits per heavy atom. The number of amides is 1. The fourth-order valence-corrected chi connectivity index (χ4v) is 3.73. The molecule has 1 amide bonds. The number of nitro groups is 1. The summed E-state index contributed by atoms with van der Waals surface area (Å²) in [4.78, 5) is 41.4. The zero-order chi connectivity index (χ0) is 23.7. The van der Waals surface area contributed by atoms with Crippen LogP contribution in [0.3, 0.4) is 0 Å². The highest BCUT2D eigenvalue weighted by molar-refractivity contribution is 6.06. The molecule has 33 heavy (non-hydrogen) atoms. The molecule has 4 rings (SSSR count). The van der Waals surface area contributed by atoms with Crippen LogP contribution in [0.4, 0.5) is 11.4 Å². The lowest BCUT2D eigenvalue weighted by molar-refractivity contribution is -0.384. The molecule has 7 nitrogen and oxygen atoms in total. The molecule has 1 N–H and O–H groups in total. The summed E-state index contributed by atoms with van der Waals surface area (Å²) in [6.45, 7) is 5.88. The van der Waals surface area contributed by atoms with Gasteiger partial charge in [0.05, 0.1) is 11.5 Å². The molecule has 0 radical (unpaired) electrons. The molecule has 0 unspecified atom stereocenters. The summed E-state index contributed by atoms with van der Waals surface area (Å²) in [5, 5.41) is 12.1. The zero-order valence-electron chi connectivity index (χ0n) is 18.6. The summed E-state index contributed by atoms with van der Waals surface area (Å²) in [6, 6.07) is 18.8. The Balaban J connectivity index is 1.81. The van der Waals surface area contributed by atoms with Crippen LogP contribution in [0.5, 0.6) is 0 Å². The van der Waals surface area contributed by atoms with Crippen LogP contribution in [-0.2, 0) is 6.54 Å². The normalized spacial score (nSPS) is 10.9. The number of nitrogens with zero attached hydrogens (tertiary/aromatic N) is 2. The minimum Gasteiger partial charge on any atom is -0.322 e. The summed E-state index contributed by atoms with van der Waals surface area (Å²) < 4.78 is 0. The molecule has 0 aliphatic carbocycles. The smallest absolute Gasteiger partial charge is 0.270 e. The first-order valence-corrected chi connectivity index (χ1v) is 10.5. The van der Waals surface area contributed by atoms with E-state index in [0.717, 1.165) is 27.6 Å². The molecular weight excluding hydrogens is 418 g/mol. The average Bonchev–Trinajstić information content (AvgIpc) is 2.79. The predicted molar refractivity (Wildman–Crippen MR) is 129 cm³/mol. The Hall–Kier alpha value is -4.26. The summed E-state index contributed by atoms with van der Waals surface area (Å²) in [5.41, 5.74) is 4.58. The molecule has 0 atom stereocenters. The Morgan fingerprint density at radius 2 is 1.76 bits per heavy atom. The lowest BCUT2D eigenvalue weighted by Crippen LogP contribution is -2.33. The van der Waals surface area contributed by atoms with Crippen LogP contribution in [0.25, 0.3) is 10.9 Å². The first-order valence-electron chi connectivity index (χ1n) is 10.5. The van der Waals surface area contributed by atoms with Gasteiger partial charge in [-0.2, -0.15) is 0 Å². The van der Waals surface area contributed by atoms with E-state index >= 15 is 0 Å². The summed E-state index contributed by atoms with van der Waals surface area (Å²) in [7, 11) is 0. The van der Waals surface area contributed by atoms with E-state index in [1.54, 1.807) is 6.07 Å². The van der Waals surface area contributed by atoms with E-state index in [0.29, 0.717) is 11.3 Å². The maximum Gasteiger partial charge on any atom is 0.270 e. The number of fused-ring (bicyclic) bond motifs is 1. The highest BCUT2D eigenvalue weighted by atomic mass is 16.6. The van der Waals surface area contributed by atoms with Crippen molar-refractivity contribution in [2.45, 2.75) is 27.3 Å². The number of carbonyl (C=O) groups excluding carboxylic acids is 1. The number of hydrogen-bond donors (Lipinski definition) is 1. The van der Waals surface area contributed by atoms with E-state index in [2.05, 4.69) is 4.98 Å². The third-order valence-corrected chi connectivity index (χ3v) is 5.76. The van der Waals surface area contributed by atoms with Gasteiger partial charge < -0.3 is 9.88 Å². The summed E-state index contributed by atoms with van der Waals surface area (Å²) in [5.74, 6) is -0.426. The second-order valence-corrected chi connectivity index (χ2v) is 8.18. The van der Waals surface area contributed by atoms with Gasteiger partial charge in [-0.25, -0.2) is 0 Å². The molecular formula is C26H23N3O4. The van der Waals surface area contributed by atoms with Gasteiger partial charge in [0.2, 0.25) is 0 Å². The van der Waals surface area contributed by atoms with Gasteiger partial charge in [0.15, 0.2) is 0 Å². The number of nitro benzene ring substituents is 1. The second kappa shape index (κ2) is 8.70. The van der Waals surface area contributed by atoms with Crippen molar-refractivity contribution < 1.29 is 9.72 Å². The van der Waals surface area contributed by atoms with Crippen LogP contribution in [-0.4, -0.2) is 15.8 Å². The van der Waals surface area contributed by atoms with Crippen molar-refractivity contribution in [3.05, 3.63) is 115 Å². The largest absolute Gasteiger partial charge is 0.322 e. The standard InChI is InChI=1S/C26H23N3O4/c1-16-7-9-19-13-21(25(30)27-24(19)11-16)15-28(22-10-8-17(2)18(3)12-22)26(31)20-5-4-6-23(14-20)29(32)33/h4-14H,15H2,1-3H3,(H,27,30). The van der Waals surface area contributed by atoms with E-state index in [4.69, 9.17) is 0 Å². The molecule has 4 aromatic rings. The number of non-ortho nitro benzene ring substituents is 1. The molecule has 0 aliphatic rings. The average molecular weight is 441 g/mol. The van der Waals surface area contributed by atoms with E-state index in [1.165, 1.54) is 29.2 Å². The van der Waals surface area contributed by atoms with Gasteiger partial charge in [-0.3, -0.25) is 19.7 Å². The Labute approximate surface area is 190 Å². The number of nitrogens with one attached hydrogen (secondary N) is 1. The highest BCUT2D eigenvalue weighted by Crippen LogP contribution is 2.25. The van der Waals surface area contributed by atoms with E-state index in [-0.39, 0.29) is 23.4 Å².